The molecule has 7 nitrogen and oxygen atoms in total. The van der Waals surface area contributed by atoms with Gasteiger partial charge in [0.1, 0.15) is 11.8 Å². The summed E-state index contributed by atoms with van der Waals surface area (Å²) in [6.07, 6.45) is 7.79. The van der Waals surface area contributed by atoms with Crippen LogP contribution in [0, 0.1) is 0 Å². The lowest BCUT2D eigenvalue weighted by Crippen LogP contribution is -2.42. The lowest BCUT2D eigenvalue weighted by Gasteiger charge is -2.33. The van der Waals surface area contributed by atoms with E-state index in [1.807, 2.05) is 36.0 Å². The molecule has 1 saturated heterocycles. The van der Waals surface area contributed by atoms with E-state index in [2.05, 4.69) is 15.0 Å². The zero-order valence-corrected chi connectivity index (χ0v) is 14.6. The highest BCUT2D eigenvalue weighted by atomic mass is 16.5. The minimum atomic E-state index is -0.248. The Balaban J connectivity index is 1.64. The van der Waals surface area contributed by atoms with Gasteiger partial charge in [0.25, 0.3) is 0 Å². The zero-order chi connectivity index (χ0) is 17.6. The van der Waals surface area contributed by atoms with E-state index in [0.717, 1.165) is 17.1 Å². The number of hydrogen-bond acceptors (Lipinski definition) is 6. The second kappa shape index (κ2) is 8.02. The fourth-order valence-corrected chi connectivity index (χ4v) is 2.91. The Labute approximate surface area is 147 Å². The van der Waals surface area contributed by atoms with Crippen LogP contribution in [0.15, 0.2) is 36.9 Å². The summed E-state index contributed by atoms with van der Waals surface area (Å²) in [6.45, 7) is 1.62. The SMILES string of the molecule is CN(C)c1nccnc1C1CN(C(=O)CCc2cccnc2)CCO1. The van der Waals surface area contributed by atoms with Gasteiger partial charge in [-0.1, -0.05) is 6.07 Å². The monoisotopic (exact) mass is 341 g/mol. The van der Waals surface area contributed by atoms with Crippen LogP contribution in [-0.4, -0.2) is 59.6 Å². The Hall–Kier alpha value is -2.54. The van der Waals surface area contributed by atoms with Gasteiger partial charge in [-0.2, -0.15) is 0 Å². The maximum Gasteiger partial charge on any atom is 0.223 e. The standard InChI is InChI=1S/C18H23N5O2/c1-22(2)18-17(20-8-9-21-18)15-13-23(10-11-25-15)16(24)6-5-14-4-3-7-19-12-14/h3-4,7-9,12,15H,5-6,10-11,13H2,1-2H3. The van der Waals surface area contributed by atoms with Crippen LogP contribution in [-0.2, 0) is 16.0 Å². The molecule has 0 aromatic carbocycles. The number of carbonyl (C=O) groups excluding carboxylic acids is 1. The molecule has 2 aromatic rings. The highest BCUT2D eigenvalue weighted by Crippen LogP contribution is 2.26. The molecule has 3 rings (SSSR count). The van der Waals surface area contributed by atoms with Gasteiger partial charge in [0.2, 0.25) is 5.91 Å². The van der Waals surface area contributed by atoms with Gasteiger partial charge in [0, 0.05) is 51.8 Å². The third-order valence-corrected chi connectivity index (χ3v) is 4.20. The van der Waals surface area contributed by atoms with Crippen LogP contribution in [0.25, 0.3) is 0 Å². The number of pyridine rings is 1. The van der Waals surface area contributed by atoms with E-state index in [4.69, 9.17) is 4.74 Å². The van der Waals surface area contributed by atoms with Crippen molar-refractivity contribution in [3.05, 3.63) is 48.2 Å². The van der Waals surface area contributed by atoms with Gasteiger partial charge in [0.05, 0.1) is 13.2 Å². The second-order valence-corrected chi connectivity index (χ2v) is 6.22. The molecule has 0 aliphatic carbocycles. The molecule has 0 bridgehead atoms. The molecule has 1 aliphatic heterocycles. The summed E-state index contributed by atoms with van der Waals surface area (Å²) in [5.41, 5.74) is 1.85. The molecule has 132 valence electrons. The molecule has 0 spiro atoms. The van der Waals surface area contributed by atoms with E-state index in [-0.39, 0.29) is 12.0 Å². The van der Waals surface area contributed by atoms with Crippen molar-refractivity contribution < 1.29 is 9.53 Å². The van der Waals surface area contributed by atoms with Crippen molar-refractivity contribution in [1.82, 2.24) is 19.9 Å². The van der Waals surface area contributed by atoms with Gasteiger partial charge in [-0.25, -0.2) is 4.98 Å². The number of anilines is 1. The summed E-state index contributed by atoms with van der Waals surface area (Å²) in [5.74, 6) is 0.907. The van der Waals surface area contributed by atoms with E-state index < -0.39 is 0 Å². The van der Waals surface area contributed by atoms with Crippen molar-refractivity contribution in [2.45, 2.75) is 18.9 Å². The fourth-order valence-electron chi connectivity index (χ4n) is 2.91. The normalized spacial score (nSPS) is 17.4. The molecule has 25 heavy (non-hydrogen) atoms. The predicted molar refractivity (Wildman–Crippen MR) is 94.2 cm³/mol. The van der Waals surface area contributed by atoms with Crippen LogP contribution in [0.5, 0.6) is 0 Å². The molecule has 0 N–H and O–H groups in total. The third kappa shape index (κ3) is 4.30. The van der Waals surface area contributed by atoms with Gasteiger partial charge in [-0.3, -0.25) is 14.8 Å². The molecular weight excluding hydrogens is 318 g/mol. The van der Waals surface area contributed by atoms with Crippen LogP contribution in [0.4, 0.5) is 5.82 Å². The summed E-state index contributed by atoms with van der Waals surface area (Å²) in [5, 5.41) is 0. The zero-order valence-electron chi connectivity index (χ0n) is 14.6. The van der Waals surface area contributed by atoms with Crippen LogP contribution in [0.2, 0.25) is 0 Å². The third-order valence-electron chi connectivity index (χ3n) is 4.20. The molecular formula is C18H23N5O2. The number of aryl methyl sites for hydroxylation is 1. The minimum Gasteiger partial charge on any atom is -0.368 e. The maximum absolute atomic E-state index is 12.6. The number of ether oxygens (including phenoxy) is 1. The molecule has 7 heteroatoms. The Morgan fingerprint density at radius 3 is 2.92 bits per heavy atom. The number of rotatable bonds is 5. The van der Waals surface area contributed by atoms with Crippen LogP contribution >= 0.6 is 0 Å². The first-order valence-corrected chi connectivity index (χ1v) is 8.41. The Morgan fingerprint density at radius 2 is 2.16 bits per heavy atom. The van der Waals surface area contributed by atoms with E-state index in [1.54, 1.807) is 24.8 Å². The topological polar surface area (TPSA) is 71.5 Å². The van der Waals surface area contributed by atoms with Gasteiger partial charge < -0.3 is 14.5 Å². The predicted octanol–water partition coefficient (Wildman–Crippen LogP) is 1.47. The van der Waals surface area contributed by atoms with Gasteiger partial charge in [-0.15, -0.1) is 0 Å². The van der Waals surface area contributed by atoms with Gasteiger partial charge in [-0.05, 0) is 18.1 Å². The molecule has 1 amide bonds. The summed E-state index contributed by atoms with van der Waals surface area (Å²) < 4.78 is 5.86. The number of carbonyl (C=O) groups is 1. The summed E-state index contributed by atoms with van der Waals surface area (Å²) in [7, 11) is 3.85. The van der Waals surface area contributed by atoms with Crippen molar-refractivity contribution >= 4 is 11.7 Å². The van der Waals surface area contributed by atoms with E-state index in [1.165, 1.54) is 0 Å². The number of morpholine rings is 1. The van der Waals surface area contributed by atoms with Gasteiger partial charge >= 0.3 is 0 Å². The molecule has 0 radical (unpaired) electrons. The maximum atomic E-state index is 12.6. The first-order valence-electron chi connectivity index (χ1n) is 8.41. The van der Waals surface area contributed by atoms with Crippen molar-refractivity contribution in [1.29, 1.82) is 0 Å². The largest absolute Gasteiger partial charge is 0.368 e. The molecule has 0 saturated carbocycles. The fraction of sp³-hybridized carbons (Fsp3) is 0.444. The smallest absolute Gasteiger partial charge is 0.223 e. The first-order chi connectivity index (χ1) is 12.1. The van der Waals surface area contributed by atoms with Crippen molar-refractivity contribution in [3.8, 4) is 0 Å². The highest BCUT2D eigenvalue weighted by Gasteiger charge is 2.28. The number of nitrogens with zero attached hydrogens (tertiary/aromatic N) is 5. The highest BCUT2D eigenvalue weighted by molar-refractivity contribution is 5.76. The number of aromatic nitrogens is 3. The first kappa shape index (κ1) is 17.3. The van der Waals surface area contributed by atoms with Crippen LogP contribution in [0.1, 0.15) is 23.8 Å². The second-order valence-electron chi connectivity index (χ2n) is 6.22. The molecule has 2 aromatic heterocycles. The molecule has 1 atom stereocenters. The molecule has 1 unspecified atom stereocenters. The lowest BCUT2D eigenvalue weighted by atomic mass is 10.1. The molecule has 1 fully saturated rings. The molecule has 1 aliphatic rings. The van der Waals surface area contributed by atoms with Gasteiger partial charge in [0.15, 0.2) is 5.82 Å². The molecule has 3 heterocycles. The summed E-state index contributed by atoms with van der Waals surface area (Å²) in [4.78, 5) is 29.2. The van der Waals surface area contributed by atoms with Crippen molar-refractivity contribution in [3.63, 3.8) is 0 Å². The van der Waals surface area contributed by atoms with E-state index in [0.29, 0.717) is 32.5 Å². The number of amides is 1. The average molecular weight is 341 g/mol. The average Bonchev–Trinajstić information content (AvgIpc) is 2.67. The Kier molecular flexibility index (Phi) is 5.55. The van der Waals surface area contributed by atoms with E-state index >= 15 is 0 Å². The summed E-state index contributed by atoms with van der Waals surface area (Å²) >= 11 is 0. The van der Waals surface area contributed by atoms with Crippen molar-refractivity contribution in [2.75, 3.05) is 38.7 Å². The van der Waals surface area contributed by atoms with Crippen LogP contribution in [0.3, 0.4) is 0 Å². The van der Waals surface area contributed by atoms with Crippen molar-refractivity contribution in [2.24, 2.45) is 0 Å². The summed E-state index contributed by atoms with van der Waals surface area (Å²) in [6, 6.07) is 3.88. The minimum absolute atomic E-state index is 0.132. The lowest BCUT2D eigenvalue weighted by molar-refractivity contribution is -0.139. The Bertz CT molecular complexity index is 708. The number of hydrogen-bond donors (Lipinski definition) is 0. The van der Waals surface area contributed by atoms with Crippen LogP contribution < -0.4 is 4.90 Å². The Morgan fingerprint density at radius 1 is 1.32 bits per heavy atom. The van der Waals surface area contributed by atoms with E-state index in [9.17, 15) is 4.79 Å². The quantitative estimate of drug-likeness (QED) is 0.820.